The summed E-state index contributed by atoms with van der Waals surface area (Å²) in [4.78, 5) is 6.10. The average molecular weight is 330 g/mol. The third-order valence-corrected chi connectivity index (χ3v) is 5.90. The molecule has 1 unspecified atom stereocenters. The Morgan fingerprint density at radius 3 is 2.57 bits per heavy atom. The van der Waals surface area contributed by atoms with Crippen molar-refractivity contribution < 1.29 is 0 Å². The summed E-state index contributed by atoms with van der Waals surface area (Å²) in [6.07, 6.45) is 2.05. The Bertz CT molecular complexity index is 441. The maximum atomic E-state index is 5.90. The lowest BCUT2D eigenvalue weighted by atomic mass is 10.0. The average Bonchev–Trinajstić information content (AvgIpc) is 2.81. The van der Waals surface area contributed by atoms with Crippen molar-refractivity contribution in [1.29, 1.82) is 0 Å². The molecule has 0 amide bonds. The quantitative estimate of drug-likeness (QED) is 0.780. The molecule has 1 fully saturated rings. The number of piperazine rings is 1. The lowest BCUT2D eigenvalue weighted by Gasteiger charge is -2.40. The van der Waals surface area contributed by atoms with Gasteiger partial charge in [0, 0.05) is 38.8 Å². The molecule has 1 atom stereocenters. The van der Waals surface area contributed by atoms with Gasteiger partial charge in [-0.1, -0.05) is 13.8 Å². The second kappa shape index (κ2) is 7.67. The highest BCUT2D eigenvalue weighted by Crippen LogP contribution is 2.34. The largest absolute Gasteiger partial charge is 0.382 e. The van der Waals surface area contributed by atoms with Crippen LogP contribution in [0.25, 0.3) is 0 Å². The highest BCUT2D eigenvalue weighted by molar-refractivity contribution is 7.99. The van der Waals surface area contributed by atoms with Gasteiger partial charge in [0.2, 0.25) is 0 Å². The van der Waals surface area contributed by atoms with Crippen LogP contribution in [0.15, 0.2) is 4.90 Å². The fourth-order valence-corrected chi connectivity index (χ4v) is 4.29. The Morgan fingerprint density at radius 2 is 2.00 bits per heavy atom. The second-order valence-electron chi connectivity index (χ2n) is 5.96. The van der Waals surface area contributed by atoms with E-state index in [0.29, 0.717) is 17.8 Å². The Kier molecular flexibility index (Phi) is 6.16. The van der Waals surface area contributed by atoms with Gasteiger partial charge in [0.05, 0.1) is 4.90 Å². The van der Waals surface area contributed by atoms with E-state index in [0.717, 1.165) is 42.6 Å². The van der Waals surface area contributed by atoms with Crippen LogP contribution in [0.1, 0.15) is 13.8 Å². The number of likely N-dealkylation sites (N-methyl/N-ethyl adjacent to an activating group) is 1. The normalized spacial score (nSPS) is 19.1. The number of hydrogen-bond acceptors (Lipinski definition) is 7. The number of hydrogen-bond donors (Lipinski definition) is 2. The van der Waals surface area contributed by atoms with Gasteiger partial charge < -0.3 is 16.0 Å². The van der Waals surface area contributed by atoms with Crippen molar-refractivity contribution in [3.05, 3.63) is 0 Å². The molecule has 0 aromatic carbocycles. The summed E-state index contributed by atoms with van der Waals surface area (Å²) >= 11 is 3.13. The Balaban J connectivity index is 1.97. The van der Waals surface area contributed by atoms with Crippen LogP contribution in [0, 0.1) is 5.92 Å². The van der Waals surface area contributed by atoms with Gasteiger partial charge in [-0.2, -0.15) is 4.37 Å². The lowest BCUT2D eigenvalue weighted by Crippen LogP contribution is -2.52. The number of aromatic nitrogens is 1. The molecular formula is C14H27N5S2. The van der Waals surface area contributed by atoms with Crippen LogP contribution in [-0.2, 0) is 0 Å². The zero-order chi connectivity index (χ0) is 15.4. The Morgan fingerprint density at radius 1 is 1.33 bits per heavy atom. The summed E-state index contributed by atoms with van der Waals surface area (Å²) in [5.74, 6) is 1.28. The second-order valence-corrected chi connectivity index (χ2v) is 7.55. The maximum absolute atomic E-state index is 5.90. The van der Waals surface area contributed by atoms with Crippen molar-refractivity contribution in [3.8, 4) is 0 Å². The van der Waals surface area contributed by atoms with Gasteiger partial charge in [-0.3, -0.25) is 4.90 Å². The highest BCUT2D eigenvalue weighted by atomic mass is 32.2. The molecule has 1 saturated heterocycles. The number of thioether (sulfide) groups is 1. The van der Waals surface area contributed by atoms with Gasteiger partial charge in [0.15, 0.2) is 5.82 Å². The van der Waals surface area contributed by atoms with Crippen molar-refractivity contribution in [3.63, 3.8) is 0 Å². The molecule has 0 bridgehead atoms. The van der Waals surface area contributed by atoms with Crippen molar-refractivity contribution in [2.24, 2.45) is 5.92 Å². The first kappa shape index (κ1) is 16.9. The standard InChI is InChI=1S/C14H27N5S2/c1-10(2)11(19-7-5-18(3)6-8-19)9-16-14-12(20-4)13(15)17-21-14/h10-11,16H,5-9H2,1-4H3,(H2,15,17). The molecule has 1 aromatic rings. The molecule has 1 aliphatic rings. The predicted octanol–water partition coefficient (Wildman–Crippen LogP) is 2.13. The van der Waals surface area contributed by atoms with Gasteiger partial charge in [-0.05, 0) is 30.8 Å². The van der Waals surface area contributed by atoms with Crippen LogP contribution < -0.4 is 11.1 Å². The molecule has 21 heavy (non-hydrogen) atoms. The van der Waals surface area contributed by atoms with Crippen LogP contribution in [-0.4, -0.2) is 66.2 Å². The number of anilines is 2. The molecule has 2 rings (SSSR count). The van der Waals surface area contributed by atoms with E-state index in [1.54, 1.807) is 11.8 Å². The van der Waals surface area contributed by atoms with Crippen molar-refractivity contribution in [1.82, 2.24) is 14.2 Å². The van der Waals surface area contributed by atoms with Gasteiger partial charge >= 0.3 is 0 Å². The summed E-state index contributed by atoms with van der Waals surface area (Å²) in [7, 11) is 2.20. The lowest BCUT2D eigenvalue weighted by molar-refractivity contribution is 0.0944. The first-order chi connectivity index (χ1) is 10.0. The van der Waals surface area contributed by atoms with E-state index in [4.69, 9.17) is 5.73 Å². The molecule has 5 nitrogen and oxygen atoms in total. The van der Waals surface area contributed by atoms with E-state index in [2.05, 4.69) is 40.4 Å². The van der Waals surface area contributed by atoms with E-state index in [1.165, 1.54) is 11.5 Å². The van der Waals surface area contributed by atoms with E-state index in [9.17, 15) is 0 Å². The van der Waals surface area contributed by atoms with Crippen LogP contribution in [0.2, 0.25) is 0 Å². The smallest absolute Gasteiger partial charge is 0.153 e. The van der Waals surface area contributed by atoms with Crippen molar-refractivity contribution in [2.45, 2.75) is 24.8 Å². The van der Waals surface area contributed by atoms with E-state index < -0.39 is 0 Å². The number of nitrogens with zero attached hydrogens (tertiary/aromatic N) is 3. The number of nitrogens with one attached hydrogen (secondary N) is 1. The van der Waals surface area contributed by atoms with Crippen molar-refractivity contribution in [2.75, 3.05) is 57.1 Å². The predicted molar refractivity (Wildman–Crippen MR) is 94.5 cm³/mol. The van der Waals surface area contributed by atoms with Gasteiger partial charge in [0.25, 0.3) is 0 Å². The highest BCUT2D eigenvalue weighted by Gasteiger charge is 2.25. The minimum absolute atomic E-state index is 0.553. The fraction of sp³-hybridized carbons (Fsp3) is 0.786. The monoisotopic (exact) mass is 329 g/mol. The first-order valence-corrected chi connectivity index (χ1v) is 9.48. The van der Waals surface area contributed by atoms with Crippen LogP contribution in [0.4, 0.5) is 10.8 Å². The van der Waals surface area contributed by atoms with Gasteiger partial charge in [-0.15, -0.1) is 11.8 Å². The van der Waals surface area contributed by atoms with Crippen LogP contribution in [0.5, 0.6) is 0 Å². The summed E-state index contributed by atoms with van der Waals surface area (Å²) in [5, 5.41) is 4.69. The molecule has 1 aromatic heterocycles. The summed E-state index contributed by atoms with van der Waals surface area (Å²) in [6, 6.07) is 0.553. The summed E-state index contributed by atoms with van der Waals surface area (Å²) in [5.41, 5.74) is 5.90. The number of nitrogens with two attached hydrogens (primary N) is 1. The van der Waals surface area contributed by atoms with Gasteiger partial charge in [0.1, 0.15) is 5.00 Å². The molecule has 0 aliphatic carbocycles. The first-order valence-electron chi connectivity index (χ1n) is 7.48. The molecule has 2 heterocycles. The third-order valence-electron chi connectivity index (χ3n) is 4.13. The number of nitrogen functional groups attached to an aromatic ring is 1. The number of rotatable bonds is 6. The molecule has 1 aliphatic heterocycles. The SMILES string of the molecule is CSc1c(N)nsc1NCC(C(C)C)N1CCN(C)CC1. The van der Waals surface area contributed by atoms with Crippen LogP contribution >= 0.6 is 23.3 Å². The molecule has 120 valence electrons. The zero-order valence-electron chi connectivity index (χ0n) is 13.4. The summed E-state index contributed by atoms with van der Waals surface area (Å²) in [6.45, 7) is 10.2. The molecule has 0 saturated carbocycles. The molecule has 0 radical (unpaired) electrons. The molecule has 3 N–H and O–H groups in total. The molecule has 0 spiro atoms. The minimum Gasteiger partial charge on any atom is -0.382 e. The maximum Gasteiger partial charge on any atom is 0.153 e. The minimum atomic E-state index is 0.553. The topological polar surface area (TPSA) is 57.4 Å². The van der Waals surface area contributed by atoms with Crippen molar-refractivity contribution >= 4 is 34.1 Å². The van der Waals surface area contributed by atoms with E-state index in [1.807, 2.05) is 6.26 Å². The van der Waals surface area contributed by atoms with Gasteiger partial charge in [-0.25, -0.2) is 0 Å². The Hall–Kier alpha value is -0.500. The zero-order valence-corrected chi connectivity index (χ0v) is 15.1. The Labute approximate surface area is 136 Å². The molecular weight excluding hydrogens is 302 g/mol. The van der Waals surface area contributed by atoms with E-state index >= 15 is 0 Å². The van der Waals surface area contributed by atoms with Crippen LogP contribution in [0.3, 0.4) is 0 Å². The fourth-order valence-electron chi connectivity index (χ4n) is 2.74. The third kappa shape index (κ3) is 4.25. The molecule has 7 heteroatoms. The summed E-state index contributed by atoms with van der Waals surface area (Å²) < 4.78 is 4.25. The van der Waals surface area contributed by atoms with E-state index in [-0.39, 0.29) is 0 Å².